The molecule has 1 heterocycles. The van der Waals surface area contributed by atoms with E-state index in [4.69, 9.17) is 0 Å². The minimum atomic E-state index is 0.655. The second-order valence-electron chi connectivity index (χ2n) is 3.30. The monoisotopic (exact) mass is 202 g/mol. The molecule has 0 spiro atoms. The van der Waals surface area contributed by atoms with E-state index in [9.17, 15) is 4.79 Å². The van der Waals surface area contributed by atoms with Gasteiger partial charge in [0.05, 0.1) is 5.69 Å². The molecule has 0 saturated carbocycles. The summed E-state index contributed by atoms with van der Waals surface area (Å²) in [6.45, 7) is 3.69. The molecule has 0 saturated heterocycles. The van der Waals surface area contributed by atoms with Gasteiger partial charge in [-0.3, -0.25) is 4.79 Å². The average Bonchev–Trinajstić information content (AvgIpc) is 2.65. The molecule has 0 aliphatic carbocycles. The van der Waals surface area contributed by atoms with E-state index in [-0.39, 0.29) is 0 Å². The molecule has 0 N–H and O–H groups in total. The minimum Gasteiger partial charge on any atom is -0.298 e. The third-order valence-electron chi connectivity index (χ3n) is 2.26. The van der Waals surface area contributed by atoms with Crippen LogP contribution >= 0.6 is 0 Å². The molecule has 0 aliphatic rings. The van der Waals surface area contributed by atoms with Crippen molar-refractivity contribution in [1.29, 1.82) is 0 Å². The third kappa shape index (κ3) is 1.63. The Hall–Kier alpha value is -2.04. The van der Waals surface area contributed by atoms with Gasteiger partial charge in [0.1, 0.15) is 6.29 Å². The zero-order chi connectivity index (χ0) is 10.8. The van der Waals surface area contributed by atoms with E-state index in [0.717, 1.165) is 17.5 Å². The van der Waals surface area contributed by atoms with Crippen molar-refractivity contribution in [1.82, 2.24) is 20.2 Å². The summed E-state index contributed by atoms with van der Waals surface area (Å²) >= 11 is 0. The summed E-state index contributed by atoms with van der Waals surface area (Å²) in [4.78, 5) is 10.8. The number of tetrazole rings is 1. The number of rotatable bonds is 2. The second-order valence-corrected chi connectivity index (χ2v) is 3.30. The second kappa shape index (κ2) is 3.61. The molecule has 1 aromatic heterocycles. The van der Waals surface area contributed by atoms with E-state index < -0.39 is 0 Å². The van der Waals surface area contributed by atoms with Gasteiger partial charge < -0.3 is 0 Å². The summed E-state index contributed by atoms with van der Waals surface area (Å²) in [5.74, 6) is 0.690. The van der Waals surface area contributed by atoms with Crippen molar-refractivity contribution in [3.05, 3.63) is 35.2 Å². The van der Waals surface area contributed by atoms with Crippen LogP contribution < -0.4 is 0 Å². The standard InChI is InChI=1S/C10H10N4O/c1-7-3-4-10(5-9(7)6-15)14-8(2)11-12-13-14/h3-6H,1-2H3. The van der Waals surface area contributed by atoms with Gasteiger partial charge in [-0.1, -0.05) is 6.07 Å². The van der Waals surface area contributed by atoms with Gasteiger partial charge in [0.2, 0.25) is 0 Å². The normalized spacial score (nSPS) is 10.3. The predicted molar refractivity (Wildman–Crippen MR) is 54.0 cm³/mol. The van der Waals surface area contributed by atoms with Crippen LogP contribution in [0.15, 0.2) is 18.2 Å². The molecule has 2 aromatic rings. The first kappa shape index (κ1) is 9.51. The molecule has 0 unspecified atom stereocenters. The maximum Gasteiger partial charge on any atom is 0.153 e. The van der Waals surface area contributed by atoms with Gasteiger partial charge in [-0.15, -0.1) is 5.10 Å². The number of aldehydes is 1. The summed E-state index contributed by atoms with van der Waals surface area (Å²) in [5.41, 5.74) is 2.40. The number of hydrogen-bond donors (Lipinski definition) is 0. The first-order valence-corrected chi connectivity index (χ1v) is 4.53. The van der Waals surface area contributed by atoms with Crippen LogP contribution in [0.3, 0.4) is 0 Å². The topological polar surface area (TPSA) is 60.7 Å². The highest BCUT2D eigenvalue weighted by molar-refractivity contribution is 5.78. The molecule has 1 aromatic carbocycles. The molecular weight excluding hydrogens is 192 g/mol. The molecule has 2 rings (SSSR count). The largest absolute Gasteiger partial charge is 0.298 e. The number of hydrogen-bond acceptors (Lipinski definition) is 4. The molecule has 0 bridgehead atoms. The molecule has 0 radical (unpaired) electrons. The van der Waals surface area contributed by atoms with Crippen molar-refractivity contribution in [2.75, 3.05) is 0 Å². The first-order valence-electron chi connectivity index (χ1n) is 4.53. The highest BCUT2D eigenvalue weighted by atomic mass is 16.1. The zero-order valence-electron chi connectivity index (χ0n) is 8.51. The Balaban J connectivity index is 2.55. The van der Waals surface area contributed by atoms with E-state index in [1.165, 1.54) is 0 Å². The van der Waals surface area contributed by atoms with E-state index >= 15 is 0 Å². The van der Waals surface area contributed by atoms with Crippen LogP contribution in [0.5, 0.6) is 0 Å². The van der Waals surface area contributed by atoms with Crippen LogP contribution in [0, 0.1) is 13.8 Å². The first-order chi connectivity index (χ1) is 7.22. The fourth-order valence-corrected chi connectivity index (χ4v) is 1.36. The molecule has 5 heteroatoms. The van der Waals surface area contributed by atoms with Gasteiger partial charge in [-0.05, 0) is 42.0 Å². The number of benzene rings is 1. The van der Waals surface area contributed by atoms with E-state index in [2.05, 4.69) is 15.5 Å². The van der Waals surface area contributed by atoms with E-state index in [1.54, 1.807) is 17.7 Å². The van der Waals surface area contributed by atoms with Gasteiger partial charge in [0.25, 0.3) is 0 Å². The average molecular weight is 202 g/mol. The maximum absolute atomic E-state index is 10.8. The molecule has 0 atom stereocenters. The SMILES string of the molecule is Cc1ccc(-n2nnnc2C)cc1C=O. The van der Waals surface area contributed by atoms with Crippen molar-refractivity contribution in [3.8, 4) is 5.69 Å². The number of nitrogens with zero attached hydrogens (tertiary/aromatic N) is 4. The summed E-state index contributed by atoms with van der Waals surface area (Å²) < 4.78 is 1.59. The van der Waals surface area contributed by atoms with Crippen molar-refractivity contribution < 1.29 is 4.79 Å². The van der Waals surface area contributed by atoms with Crippen molar-refractivity contribution >= 4 is 6.29 Å². The molecule has 15 heavy (non-hydrogen) atoms. The van der Waals surface area contributed by atoms with Crippen molar-refractivity contribution in [2.24, 2.45) is 0 Å². The third-order valence-corrected chi connectivity index (χ3v) is 2.26. The number of carbonyl (C=O) groups is 1. The lowest BCUT2D eigenvalue weighted by Gasteiger charge is -2.04. The van der Waals surface area contributed by atoms with Crippen LogP contribution in [-0.4, -0.2) is 26.5 Å². The van der Waals surface area contributed by atoms with Gasteiger partial charge in [-0.25, -0.2) is 0 Å². The molecule has 0 amide bonds. The van der Waals surface area contributed by atoms with Crippen molar-refractivity contribution in [3.63, 3.8) is 0 Å². The molecular formula is C10H10N4O. The molecule has 5 nitrogen and oxygen atoms in total. The Morgan fingerprint density at radius 3 is 2.73 bits per heavy atom. The van der Waals surface area contributed by atoms with Crippen molar-refractivity contribution in [2.45, 2.75) is 13.8 Å². The lowest BCUT2D eigenvalue weighted by atomic mass is 10.1. The number of aryl methyl sites for hydroxylation is 2. The van der Waals surface area contributed by atoms with Gasteiger partial charge >= 0.3 is 0 Å². The van der Waals surface area contributed by atoms with Gasteiger partial charge in [-0.2, -0.15) is 4.68 Å². The van der Waals surface area contributed by atoms with Crippen LogP contribution in [0.2, 0.25) is 0 Å². The van der Waals surface area contributed by atoms with Crippen LogP contribution in [-0.2, 0) is 0 Å². The molecule has 0 fully saturated rings. The summed E-state index contributed by atoms with van der Waals surface area (Å²) in [6.07, 6.45) is 0.832. The Labute approximate surface area is 86.7 Å². The highest BCUT2D eigenvalue weighted by Crippen LogP contribution is 2.12. The minimum absolute atomic E-state index is 0.655. The smallest absolute Gasteiger partial charge is 0.153 e. The Morgan fingerprint density at radius 1 is 1.33 bits per heavy atom. The van der Waals surface area contributed by atoms with E-state index in [1.807, 2.05) is 19.1 Å². The summed E-state index contributed by atoms with van der Waals surface area (Å²) in [6, 6.07) is 5.53. The molecule has 0 aliphatic heterocycles. The van der Waals surface area contributed by atoms with Gasteiger partial charge in [0, 0.05) is 5.56 Å². The van der Waals surface area contributed by atoms with Gasteiger partial charge in [0.15, 0.2) is 5.82 Å². The molecule has 76 valence electrons. The number of carbonyl (C=O) groups excluding carboxylic acids is 1. The summed E-state index contributed by atoms with van der Waals surface area (Å²) in [7, 11) is 0. The summed E-state index contributed by atoms with van der Waals surface area (Å²) in [5, 5.41) is 11.2. The Bertz CT molecular complexity index is 504. The fraction of sp³-hybridized carbons (Fsp3) is 0.200. The Kier molecular flexibility index (Phi) is 2.29. The zero-order valence-corrected chi connectivity index (χ0v) is 8.51. The Morgan fingerprint density at radius 2 is 2.13 bits per heavy atom. The maximum atomic E-state index is 10.8. The van der Waals surface area contributed by atoms with Crippen LogP contribution in [0.4, 0.5) is 0 Å². The lowest BCUT2D eigenvalue weighted by molar-refractivity contribution is 0.112. The van der Waals surface area contributed by atoms with Crippen LogP contribution in [0.25, 0.3) is 5.69 Å². The number of aromatic nitrogens is 4. The fourth-order valence-electron chi connectivity index (χ4n) is 1.36. The predicted octanol–water partition coefficient (Wildman–Crippen LogP) is 1.09. The lowest BCUT2D eigenvalue weighted by Crippen LogP contribution is -2.01. The quantitative estimate of drug-likeness (QED) is 0.684. The highest BCUT2D eigenvalue weighted by Gasteiger charge is 2.05. The van der Waals surface area contributed by atoms with E-state index in [0.29, 0.717) is 11.4 Å². The van der Waals surface area contributed by atoms with Crippen LogP contribution in [0.1, 0.15) is 21.7 Å².